The molecule has 1 atom stereocenters. The molecular weight excluding hydrogens is 623 g/mol. The van der Waals surface area contributed by atoms with E-state index in [1.165, 1.54) is 27.1 Å². The second kappa shape index (κ2) is 12.0. The SMILES string of the molecule is C1=CCC(c2ccc3ccc(-c4nc(-c5ccccc5)nc(-c5cc(-c6ccc7ccccc7c6)c6c(c5)oc5ccccc56)n4)cc3c2)C=C1. The van der Waals surface area contributed by atoms with Gasteiger partial charge < -0.3 is 4.42 Å². The number of nitrogens with zero attached hydrogens (tertiary/aromatic N) is 3. The van der Waals surface area contributed by atoms with Crippen LogP contribution in [-0.4, -0.2) is 15.0 Å². The van der Waals surface area contributed by atoms with Gasteiger partial charge in [-0.05, 0) is 75.0 Å². The molecule has 10 rings (SSSR count). The monoisotopic (exact) mass is 653 g/mol. The lowest BCUT2D eigenvalue weighted by molar-refractivity contribution is 0.669. The number of fused-ring (bicyclic) bond motifs is 5. The first-order chi connectivity index (χ1) is 25.2. The smallest absolute Gasteiger partial charge is 0.164 e. The van der Waals surface area contributed by atoms with Gasteiger partial charge in [0, 0.05) is 33.4 Å². The first-order valence-electron chi connectivity index (χ1n) is 17.4. The van der Waals surface area contributed by atoms with Crippen LogP contribution >= 0.6 is 0 Å². The molecule has 4 nitrogen and oxygen atoms in total. The van der Waals surface area contributed by atoms with Crippen molar-refractivity contribution in [2.75, 3.05) is 0 Å². The zero-order valence-electron chi connectivity index (χ0n) is 27.7. The largest absolute Gasteiger partial charge is 0.456 e. The molecule has 0 spiro atoms. The number of hydrogen-bond donors (Lipinski definition) is 0. The molecule has 0 N–H and O–H groups in total. The number of allylic oxidation sites excluding steroid dienone is 4. The van der Waals surface area contributed by atoms with Crippen molar-refractivity contribution in [3.05, 3.63) is 175 Å². The number of hydrogen-bond acceptors (Lipinski definition) is 4. The third-order valence-corrected chi connectivity index (χ3v) is 10.00. The van der Waals surface area contributed by atoms with Crippen LogP contribution in [0.3, 0.4) is 0 Å². The van der Waals surface area contributed by atoms with Gasteiger partial charge in [0.05, 0.1) is 0 Å². The predicted octanol–water partition coefficient (Wildman–Crippen LogP) is 12.3. The molecule has 0 bridgehead atoms. The van der Waals surface area contributed by atoms with E-state index < -0.39 is 0 Å². The first-order valence-corrected chi connectivity index (χ1v) is 17.4. The highest BCUT2D eigenvalue weighted by Gasteiger charge is 2.19. The van der Waals surface area contributed by atoms with Gasteiger partial charge in [-0.25, -0.2) is 15.0 Å². The van der Waals surface area contributed by atoms with Crippen LogP contribution in [0.15, 0.2) is 174 Å². The Balaban J connectivity index is 1.18. The quantitative estimate of drug-likeness (QED) is 0.185. The van der Waals surface area contributed by atoms with Crippen molar-refractivity contribution in [3.63, 3.8) is 0 Å². The van der Waals surface area contributed by atoms with E-state index in [-0.39, 0.29) is 0 Å². The lowest BCUT2D eigenvalue weighted by atomic mass is 9.91. The molecule has 240 valence electrons. The van der Waals surface area contributed by atoms with Crippen LogP contribution in [0.4, 0.5) is 0 Å². The Morgan fingerprint density at radius 3 is 2.00 bits per heavy atom. The fraction of sp³-hybridized carbons (Fsp3) is 0.0426. The van der Waals surface area contributed by atoms with E-state index in [9.17, 15) is 0 Å². The normalized spacial score (nSPS) is 14.2. The first kappa shape index (κ1) is 29.3. The molecule has 7 aromatic carbocycles. The Kier molecular flexibility index (Phi) is 6.91. The Labute approximate surface area is 295 Å². The zero-order valence-corrected chi connectivity index (χ0v) is 27.7. The molecule has 0 radical (unpaired) electrons. The molecule has 2 aromatic heterocycles. The number of aromatic nitrogens is 3. The van der Waals surface area contributed by atoms with Crippen molar-refractivity contribution in [1.82, 2.24) is 15.0 Å². The van der Waals surface area contributed by atoms with Gasteiger partial charge in [0.25, 0.3) is 0 Å². The van der Waals surface area contributed by atoms with Crippen LogP contribution in [0.25, 0.3) is 88.8 Å². The zero-order chi connectivity index (χ0) is 33.7. The average Bonchev–Trinajstić information content (AvgIpc) is 3.59. The van der Waals surface area contributed by atoms with Gasteiger partial charge >= 0.3 is 0 Å². The van der Waals surface area contributed by atoms with E-state index in [0.717, 1.165) is 56.2 Å². The minimum Gasteiger partial charge on any atom is -0.456 e. The highest BCUT2D eigenvalue weighted by molar-refractivity contribution is 6.14. The molecule has 0 fully saturated rings. The van der Waals surface area contributed by atoms with Gasteiger partial charge in [0.2, 0.25) is 0 Å². The topological polar surface area (TPSA) is 51.8 Å². The van der Waals surface area contributed by atoms with Crippen LogP contribution in [0.5, 0.6) is 0 Å². The minimum absolute atomic E-state index is 0.376. The summed E-state index contributed by atoms with van der Waals surface area (Å²) >= 11 is 0. The summed E-state index contributed by atoms with van der Waals surface area (Å²) in [7, 11) is 0. The predicted molar refractivity (Wildman–Crippen MR) is 209 cm³/mol. The summed E-state index contributed by atoms with van der Waals surface area (Å²) in [5.74, 6) is 2.22. The van der Waals surface area contributed by atoms with Crippen molar-refractivity contribution in [2.24, 2.45) is 0 Å². The molecule has 2 heterocycles. The summed E-state index contributed by atoms with van der Waals surface area (Å²) in [6.45, 7) is 0. The maximum atomic E-state index is 6.52. The molecule has 0 aliphatic heterocycles. The van der Waals surface area contributed by atoms with Crippen LogP contribution in [0.1, 0.15) is 17.9 Å². The minimum atomic E-state index is 0.376. The molecule has 4 heteroatoms. The van der Waals surface area contributed by atoms with Crippen LogP contribution in [-0.2, 0) is 0 Å². The molecule has 9 aromatic rings. The van der Waals surface area contributed by atoms with Gasteiger partial charge in [-0.3, -0.25) is 0 Å². The maximum Gasteiger partial charge on any atom is 0.164 e. The van der Waals surface area contributed by atoms with Crippen LogP contribution in [0, 0.1) is 0 Å². The van der Waals surface area contributed by atoms with Crippen molar-refractivity contribution in [1.29, 1.82) is 0 Å². The lowest BCUT2D eigenvalue weighted by Crippen LogP contribution is -2.00. The van der Waals surface area contributed by atoms with Crippen molar-refractivity contribution in [3.8, 4) is 45.3 Å². The standard InChI is InChI=1S/C47H31N3O/c1-3-11-30(12-4-1)35-22-19-32-21-24-37(27-38(32)26-35)46-48-45(33-14-5-2-6-15-33)49-47(50-46)39-28-41(36-23-20-31-13-7-8-16-34(31)25-36)44-40-17-9-10-18-42(40)51-43(44)29-39/h1-11,13-30H,12H2. The fourth-order valence-electron chi connectivity index (χ4n) is 7.38. The van der Waals surface area contributed by atoms with Gasteiger partial charge in [-0.15, -0.1) is 0 Å². The molecule has 1 aliphatic carbocycles. The van der Waals surface area contributed by atoms with Gasteiger partial charge in [-0.1, -0.05) is 140 Å². The van der Waals surface area contributed by atoms with E-state index in [1.807, 2.05) is 42.5 Å². The third-order valence-electron chi connectivity index (χ3n) is 10.00. The number of para-hydroxylation sites is 1. The van der Waals surface area contributed by atoms with E-state index in [2.05, 4.69) is 127 Å². The Bertz CT molecular complexity index is 2850. The summed E-state index contributed by atoms with van der Waals surface area (Å²) in [6, 6.07) is 51.0. The van der Waals surface area contributed by atoms with Crippen LogP contribution in [0.2, 0.25) is 0 Å². The maximum absolute atomic E-state index is 6.52. The number of furan rings is 1. The fourth-order valence-corrected chi connectivity index (χ4v) is 7.38. The number of benzene rings is 7. The van der Waals surface area contributed by atoms with Crippen molar-refractivity contribution >= 4 is 43.5 Å². The summed E-state index contributed by atoms with van der Waals surface area (Å²) < 4.78 is 6.52. The van der Waals surface area contributed by atoms with E-state index in [4.69, 9.17) is 19.4 Å². The van der Waals surface area contributed by atoms with Gasteiger partial charge in [0.15, 0.2) is 17.5 Å². The summed E-state index contributed by atoms with van der Waals surface area (Å²) in [5, 5.41) is 6.90. The van der Waals surface area contributed by atoms with E-state index >= 15 is 0 Å². The van der Waals surface area contributed by atoms with Gasteiger partial charge in [0.1, 0.15) is 11.2 Å². The third kappa shape index (κ3) is 5.29. The Hall–Kier alpha value is -6.65. The molecular formula is C47H31N3O. The molecule has 0 amide bonds. The van der Waals surface area contributed by atoms with Gasteiger partial charge in [-0.2, -0.15) is 0 Å². The van der Waals surface area contributed by atoms with Crippen molar-refractivity contribution in [2.45, 2.75) is 12.3 Å². The summed E-state index contributed by atoms with van der Waals surface area (Å²) in [5.41, 5.74) is 7.88. The molecule has 1 unspecified atom stereocenters. The second-order valence-corrected chi connectivity index (χ2v) is 13.2. The second-order valence-electron chi connectivity index (χ2n) is 13.2. The van der Waals surface area contributed by atoms with E-state index in [0.29, 0.717) is 23.4 Å². The Morgan fingerprint density at radius 2 is 1.16 bits per heavy atom. The molecule has 0 saturated carbocycles. The molecule has 0 saturated heterocycles. The van der Waals surface area contributed by atoms with Crippen LogP contribution < -0.4 is 0 Å². The molecule has 51 heavy (non-hydrogen) atoms. The summed E-state index contributed by atoms with van der Waals surface area (Å²) in [4.78, 5) is 15.3. The summed E-state index contributed by atoms with van der Waals surface area (Å²) in [6.07, 6.45) is 9.78. The van der Waals surface area contributed by atoms with Crippen molar-refractivity contribution < 1.29 is 4.42 Å². The molecule has 1 aliphatic rings. The van der Waals surface area contributed by atoms with E-state index in [1.54, 1.807) is 0 Å². The number of rotatable bonds is 5. The average molecular weight is 654 g/mol. The lowest BCUT2D eigenvalue weighted by Gasteiger charge is -2.14. The highest BCUT2D eigenvalue weighted by Crippen LogP contribution is 2.41. The Morgan fingerprint density at radius 1 is 0.471 bits per heavy atom. The highest BCUT2D eigenvalue weighted by atomic mass is 16.3.